The van der Waals surface area contributed by atoms with E-state index < -0.39 is 38.9 Å². The van der Waals surface area contributed by atoms with Gasteiger partial charge in [-0.15, -0.1) is 0 Å². The van der Waals surface area contributed by atoms with Gasteiger partial charge in [0.05, 0.1) is 18.8 Å². The maximum atomic E-state index is 11.5. The molecule has 106 valence electrons. The molecule has 0 spiro atoms. The van der Waals surface area contributed by atoms with Crippen molar-refractivity contribution < 1.29 is 27.5 Å². The monoisotopic (exact) mass is 280 g/mol. The van der Waals surface area contributed by atoms with Gasteiger partial charge in [0.15, 0.2) is 9.84 Å². The number of carbonyl (C=O) groups is 2. The lowest BCUT2D eigenvalue weighted by Gasteiger charge is -2.19. The summed E-state index contributed by atoms with van der Waals surface area (Å²) in [6.45, 7) is 6.78. The minimum atomic E-state index is -3.64. The average molecular weight is 280 g/mol. The summed E-state index contributed by atoms with van der Waals surface area (Å²) in [7, 11) is -3.64. The van der Waals surface area contributed by atoms with E-state index in [2.05, 4.69) is 4.74 Å². The Balaban J connectivity index is 4.24. The first-order valence-electron chi connectivity index (χ1n) is 5.63. The third-order valence-corrected chi connectivity index (χ3v) is 3.18. The Bertz CT molecular complexity index is 390. The van der Waals surface area contributed by atoms with E-state index in [-0.39, 0.29) is 13.0 Å². The third kappa shape index (κ3) is 8.98. The van der Waals surface area contributed by atoms with Gasteiger partial charge in [0.2, 0.25) is 0 Å². The van der Waals surface area contributed by atoms with Crippen molar-refractivity contribution in [1.82, 2.24) is 0 Å². The first kappa shape index (κ1) is 16.9. The molecule has 0 aliphatic heterocycles. The van der Waals surface area contributed by atoms with Crippen LogP contribution in [0.25, 0.3) is 0 Å². The molecule has 0 bridgehead atoms. The van der Waals surface area contributed by atoms with Gasteiger partial charge in [0.25, 0.3) is 0 Å². The van der Waals surface area contributed by atoms with E-state index in [1.54, 1.807) is 27.7 Å². The van der Waals surface area contributed by atoms with Gasteiger partial charge in [0.1, 0.15) is 11.4 Å². The molecule has 6 nitrogen and oxygen atoms in total. The van der Waals surface area contributed by atoms with Crippen LogP contribution in [0.1, 0.15) is 34.1 Å². The van der Waals surface area contributed by atoms with Crippen LogP contribution >= 0.6 is 0 Å². The molecule has 0 saturated carbocycles. The van der Waals surface area contributed by atoms with Gasteiger partial charge in [-0.3, -0.25) is 9.59 Å². The molecule has 0 N–H and O–H groups in total. The topological polar surface area (TPSA) is 86.7 Å². The Kier molecular flexibility index (Phi) is 6.31. The van der Waals surface area contributed by atoms with Gasteiger partial charge < -0.3 is 9.47 Å². The number of hydrogen-bond donors (Lipinski definition) is 0. The highest BCUT2D eigenvalue weighted by Gasteiger charge is 2.23. The second-order valence-electron chi connectivity index (χ2n) is 4.73. The number of ether oxygens (including phenoxy) is 2. The summed E-state index contributed by atoms with van der Waals surface area (Å²) < 4.78 is 32.6. The van der Waals surface area contributed by atoms with Gasteiger partial charge in [-0.05, 0) is 27.7 Å². The Hall–Kier alpha value is -1.11. The summed E-state index contributed by atoms with van der Waals surface area (Å²) in [5.41, 5.74) is -0.728. The molecule has 0 aromatic heterocycles. The zero-order valence-electron chi connectivity index (χ0n) is 11.2. The number of hydrogen-bond acceptors (Lipinski definition) is 6. The molecule has 0 amide bonds. The van der Waals surface area contributed by atoms with Gasteiger partial charge in [-0.25, -0.2) is 8.42 Å². The zero-order chi connectivity index (χ0) is 14.4. The fraction of sp³-hybridized carbons (Fsp3) is 0.818. The highest BCUT2D eigenvalue weighted by Crippen LogP contribution is 2.08. The predicted molar refractivity (Wildman–Crippen MR) is 65.7 cm³/mol. The number of rotatable bonds is 6. The number of sulfone groups is 1. The van der Waals surface area contributed by atoms with Gasteiger partial charge in [-0.1, -0.05) is 0 Å². The Labute approximate surface area is 108 Å². The lowest BCUT2D eigenvalue weighted by Crippen LogP contribution is -2.29. The summed E-state index contributed by atoms with van der Waals surface area (Å²) in [5, 5.41) is 0. The molecule has 0 aromatic rings. The summed E-state index contributed by atoms with van der Waals surface area (Å²) in [5.74, 6) is -2.54. The van der Waals surface area contributed by atoms with Gasteiger partial charge in [0, 0.05) is 0 Å². The summed E-state index contributed by atoms with van der Waals surface area (Å²) >= 11 is 0. The van der Waals surface area contributed by atoms with E-state index in [0.717, 1.165) is 0 Å². The molecule has 0 aliphatic carbocycles. The van der Waals surface area contributed by atoms with Crippen molar-refractivity contribution in [3.05, 3.63) is 0 Å². The minimum Gasteiger partial charge on any atom is -0.466 e. The van der Waals surface area contributed by atoms with E-state index in [4.69, 9.17) is 4.74 Å². The first-order valence-corrected chi connectivity index (χ1v) is 7.46. The van der Waals surface area contributed by atoms with E-state index in [0.29, 0.717) is 0 Å². The normalized spacial score (nSPS) is 12.0. The molecule has 18 heavy (non-hydrogen) atoms. The molecule has 0 fully saturated rings. The minimum absolute atomic E-state index is 0.199. The average Bonchev–Trinajstić information content (AvgIpc) is 2.11. The maximum absolute atomic E-state index is 11.5. The van der Waals surface area contributed by atoms with Crippen LogP contribution in [0.3, 0.4) is 0 Å². The van der Waals surface area contributed by atoms with Crippen molar-refractivity contribution in [2.24, 2.45) is 0 Å². The Morgan fingerprint density at radius 1 is 1.11 bits per heavy atom. The molecule has 0 atom stereocenters. The van der Waals surface area contributed by atoms with Crippen molar-refractivity contribution >= 4 is 21.8 Å². The standard InChI is InChI=1S/C11H20O6S/c1-5-16-9(12)6-7-18(14,15)8-10(13)17-11(2,3)4/h5-8H2,1-4H3. The lowest BCUT2D eigenvalue weighted by atomic mass is 10.2. The first-order chi connectivity index (χ1) is 8.06. The van der Waals surface area contributed by atoms with Gasteiger partial charge >= 0.3 is 11.9 Å². The number of carbonyl (C=O) groups excluding carboxylic acids is 2. The molecule has 0 radical (unpaired) electrons. The van der Waals surface area contributed by atoms with Crippen LogP contribution in [0.4, 0.5) is 0 Å². The van der Waals surface area contributed by atoms with Crippen molar-refractivity contribution in [1.29, 1.82) is 0 Å². The molecule has 0 aromatic carbocycles. The highest BCUT2D eigenvalue weighted by atomic mass is 32.2. The Morgan fingerprint density at radius 3 is 2.11 bits per heavy atom. The predicted octanol–water partition coefficient (Wildman–Crippen LogP) is 0.696. The fourth-order valence-electron chi connectivity index (χ4n) is 1.09. The summed E-state index contributed by atoms with van der Waals surface area (Å²) in [6.07, 6.45) is -0.251. The molecule has 0 unspecified atom stereocenters. The van der Waals surface area contributed by atoms with Crippen molar-refractivity contribution in [3.63, 3.8) is 0 Å². The molecule has 0 heterocycles. The summed E-state index contributed by atoms with van der Waals surface area (Å²) in [4.78, 5) is 22.3. The molecule has 0 saturated heterocycles. The van der Waals surface area contributed by atoms with Crippen LogP contribution < -0.4 is 0 Å². The van der Waals surface area contributed by atoms with Crippen LogP contribution in [0.2, 0.25) is 0 Å². The second kappa shape index (κ2) is 6.72. The quantitative estimate of drug-likeness (QED) is 0.665. The van der Waals surface area contributed by atoms with Crippen molar-refractivity contribution in [3.8, 4) is 0 Å². The smallest absolute Gasteiger partial charge is 0.321 e. The van der Waals surface area contributed by atoms with E-state index in [1.165, 1.54) is 0 Å². The SMILES string of the molecule is CCOC(=O)CCS(=O)(=O)CC(=O)OC(C)(C)C. The molecule has 0 rings (SSSR count). The Morgan fingerprint density at radius 2 is 1.67 bits per heavy atom. The fourth-order valence-corrected chi connectivity index (χ4v) is 2.13. The third-order valence-electron chi connectivity index (χ3n) is 1.68. The van der Waals surface area contributed by atoms with Crippen LogP contribution in [-0.2, 0) is 28.9 Å². The zero-order valence-corrected chi connectivity index (χ0v) is 12.0. The van der Waals surface area contributed by atoms with Crippen LogP contribution in [0.15, 0.2) is 0 Å². The van der Waals surface area contributed by atoms with E-state index in [1.807, 2.05) is 0 Å². The molecule has 7 heteroatoms. The van der Waals surface area contributed by atoms with E-state index >= 15 is 0 Å². The van der Waals surface area contributed by atoms with Crippen LogP contribution in [0.5, 0.6) is 0 Å². The van der Waals surface area contributed by atoms with Crippen LogP contribution in [-0.4, -0.2) is 44.1 Å². The highest BCUT2D eigenvalue weighted by molar-refractivity contribution is 7.92. The maximum Gasteiger partial charge on any atom is 0.321 e. The van der Waals surface area contributed by atoms with Gasteiger partial charge in [-0.2, -0.15) is 0 Å². The molecule has 0 aliphatic rings. The largest absolute Gasteiger partial charge is 0.466 e. The molecular formula is C11H20O6S. The van der Waals surface area contributed by atoms with Crippen molar-refractivity contribution in [2.45, 2.75) is 39.7 Å². The van der Waals surface area contributed by atoms with Crippen LogP contribution in [0, 0.1) is 0 Å². The summed E-state index contributed by atoms with van der Waals surface area (Å²) in [6, 6.07) is 0. The van der Waals surface area contributed by atoms with E-state index in [9.17, 15) is 18.0 Å². The lowest BCUT2D eigenvalue weighted by molar-refractivity contribution is -0.151. The number of esters is 2. The van der Waals surface area contributed by atoms with Crippen molar-refractivity contribution in [2.75, 3.05) is 18.1 Å². The molecular weight excluding hydrogens is 260 g/mol. The second-order valence-corrected chi connectivity index (χ2v) is 6.92.